The van der Waals surface area contributed by atoms with Crippen molar-refractivity contribution < 1.29 is 23.1 Å². The maximum absolute atomic E-state index is 13.7. The molecule has 0 fully saturated rings. The first-order valence-electron chi connectivity index (χ1n) is 11.2. The Morgan fingerprint density at radius 1 is 1.03 bits per heavy atom. The van der Waals surface area contributed by atoms with Gasteiger partial charge in [-0.2, -0.15) is 0 Å². The van der Waals surface area contributed by atoms with Crippen LogP contribution in [0.25, 0.3) is 11.1 Å². The molecule has 0 spiro atoms. The Labute approximate surface area is 205 Å². The summed E-state index contributed by atoms with van der Waals surface area (Å²) < 4.78 is 40.0. The third kappa shape index (κ3) is 7.38. The van der Waals surface area contributed by atoms with Crippen LogP contribution in [0.2, 0.25) is 0 Å². The summed E-state index contributed by atoms with van der Waals surface area (Å²) in [5.74, 6) is -4.11. The number of halogens is 3. The van der Waals surface area contributed by atoms with Gasteiger partial charge in [-0.25, -0.2) is 22.9 Å². The monoisotopic (exact) mass is 504 g/mol. The molecule has 0 unspecified atom stereocenters. The normalized spacial score (nSPS) is 11.1. The summed E-state index contributed by atoms with van der Waals surface area (Å²) in [6.45, 7) is 2.92. The summed E-state index contributed by atoms with van der Waals surface area (Å²) in [4.78, 5) is 33.2. The van der Waals surface area contributed by atoms with Gasteiger partial charge in [-0.05, 0) is 37.1 Å². The number of nitrogens with zero attached hydrogens (tertiary/aromatic N) is 2. The molecule has 3 rings (SSSR count). The fourth-order valence-corrected chi connectivity index (χ4v) is 3.47. The van der Waals surface area contributed by atoms with Crippen LogP contribution in [-0.2, 0) is 6.54 Å². The Balaban J connectivity index is 1.65. The molecule has 6 N–H and O–H groups in total. The number of carbonyl (C=O) groups is 1. The van der Waals surface area contributed by atoms with E-state index in [0.717, 1.165) is 25.1 Å². The zero-order valence-corrected chi connectivity index (χ0v) is 19.4. The molecule has 0 saturated heterocycles. The molecule has 3 aromatic rings. The van der Waals surface area contributed by atoms with E-state index in [4.69, 9.17) is 10.8 Å². The van der Waals surface area contributed by atoms with Gasteiger partial charge in [-0.15, -0.1) is 0 Å². The highest BCUT2D eigenvalue weighted by Gasteiger charge is 2.14. The number of hydrogen-bond acceptors (Lipinski definition) is 6. The smallest absolute Gasteiger partial charge is 0.326 e. The van der Waals surface area contributed by atoms with Crippen molar-refractivity contribution in [1.29, 1.82) is 0 Å². The molecule has 0 atom stereocenters. The minimum atomic E-state index is -1.39. The maximum Gasteiger partial charge on any atom is 0.326 e. The molecule has 9 nitrogen and oxygen atoms in total. The van der Waals surface area contributed by atoms with Crippen LogP contribution in [0.15, 0.2) is 47.4 Å². The maximum atomic E-state index is 13.7. The largest absolute Gasteiger partial charge is 0.396 e. The van der Waals surface area contributed by atoms with Gasteiger partial charge in [0, 0.05) is 38.0 Å². The highest BCUT2D eigenvalue weighted by molar-refractivity contribution is 5.98. The van der Waals surface area contributed by atoms with Crippen molar-refractivity contribution in [3.63, 3.8) is 0 Å². The third-order valence-corrected chi connectivity index (χ3v) is 5.27. The molecule has 2 aromatic carbocycles. The van der Waals surface area contributed by atoms with Crippen molar-refractivity contribution >= 4 is 17.7 Å². The standard InChI is InChI=1S/C24H27F3N6O3/c25-18-11-20(27)21(12-19(18)26)30-24(36)32-23-29-13-17(22(35)31-23)16-5-3-15(4-6-16)14-33(8-1-7-28)9-2-10-34/h3-6,11-13,34H,1-2,7-10,14,28H2,(H3,29,30,31,32,35,36). The Hall–Kier alpha value is -3.74. The molecular formula is C24H27F3N6O3. The van der Waals surface area contributed by atoms with Crippen molar-refractivity contribution in [2.75, 3.05) is 36.9 Å². The number of anilines is 2. The second kappa shape index (κ2) is 12.8. The number of aliphatic hydroxyl groups is 1. The van der Waals surface area contributed by atoms with Gasteiger partial charge in [0.2, 0.25) is 5.95 Å². The van der Waals surface area contributed by atoms with Gasteiger partial charge in [-0.3, -0.25) is 20.0 Å². The Morgan fingerprint density at radius 3 is 2.39 bits per heavy atom. The van der Waals surface area contributed by atoms with E-state index in [9.17, 15) is 22.8 Å². The van der Waals surface area contributed by atoms with Crippen molar-refractivity contribution in [3.8, 4) is 11.1 Å². The highest BCUT2D eigenvalue weighted by Crippen LogP contribution is 2.19. The summed E-state index contributed by atoms with van der Waals surface area (Å²) in [7, 11) is 0. The number of carbonyl (C=O) groups excluding carboxylic acids is 1. The number of nitrogens with two attached hydrogens (primary N) is 1. The average Bonchev–Trinajstić information content (AvgIpc) is 2.85. The minimum Gasteiger partial charge on any atom is -0.396 e. The molecule has 0 radical (unpaired) electrons. The lowest BCUT2D eigenvalue weighted by molar-refractivity contribution is 0.217. The van der Waals surface area contributed by atoms with Crippen LogP contribution in [0, 0.1) is 17.5 Å². The number of benzene rings is 2. The fourth-order valence-electron chi connectivity index (χ4n) is 3.47. The van der Waals surface area contributed by atoms with E-state index in [1.165, 1.54) is 6.20 Å². The van der Waals surface area contributed by atoms with E-state index in [1.54, 1.807) is 12.1 Å². The molecule has 1 heterocycles. The van der Waals surface area contributed by atoms with E-state index >= 15 is 0 Å². The van der Waals surface area contributed by atoms with Crippen LogP contribution in [0.5, 0.6) is 0 Å². The van der Waals surface area contributed by atoms with E-state index in [1.807, 2.05) is 17.4 Å². The van der Waals surface area contributed by atoms with Gasteiger partial charge in [0.25, 0.3) is 5.56 Å². The number of rotatable bonds is 11. The molecule has 0 bridgehead atoms. The molecule has 0 aliphatic heterocycles. The molecule has 12 heteroatoms. The van der Waals surface area contributed by atoms with Crippen LogP contribution >= 0.6 is 0 Å². The third-order valence-electron chi connectivity index (χ3n) is 5.27. The molecule has 0 aliphatic carbocycles. The summed E-state index contributed by atoms with van der Waals surface area (Å²) >= 11 is 0. The first-order chi connectivity index (χ1) is 17.3. The topological polar surface area (TPSA) is 136 Å². The zero-order valence-electron chi connectivity index (χ0n) is 19.4. The Kier molecular flexibility index (Phi) is 9.56. The van der Waals surface area contributed by atoms with Gasteiger partial charge >= 0.3 is 6.03 Å². The van der Waals surface area contributed by atoms with Gasteiger partial charge in [0.15, 0.2) is 11.6 Å². The summed E-state index contributed by atoms with van der Waals surface area (Å²) in [6.07, 6.45) is 2.78. The quantitative estimate of drug-likeness (QED) is 0.255. The molecule has 36 heavy (non-hydrogen) atoms. The second-order valence-electron chi connectivity index (χ2n) is 7.99. The van der Waals surface area contributed by atoms with E-state index in [-0.39, 0.29) is 18.1 Å². The summed E-state index contributed by atoms with van der Waals surface area (Å²) in [5, 5.41) is 13.3. The molecule has 192 valence electrons. The number of aliphatic hydroxyl groups excluding tert-OH is 1. The summed E-state index contributed by atoms with van der Waals surface area (Å²) in [6, 6.07) is 7.12. The number of urea groups is 1. The van der Waals surface area contributed by atoms with Gasteiger partial charge < -0.3 is 16.2 Å². The number of aromatic nitrogens is 2. The first kappa shape index (κ1) is 26.9. The van der Waals surface area contributed by atoms with E-state index < -0.39 is 34.7 Å². The highest BCUT2D eigenvalue weighted by atomic mass is 19.2. The zero-order chi connectivity index (χ0) is 26.1. The van der Waals surface area contributed by atoms with Gasteiger partial charge in [0.1, 0.15) is 5.82 Å². The first-order valence-corrected chi connectivity index (χ1v) is 11.2. The fraction of sp³-hybridized carbons (Fsp3) is 0.292. The number of hydrogen-bond donors (Lipinski definition) is 5. The van der Waals surface area contributed by atoms with Crippen LogP contribution in [0.3, 0.4) is 0 Å². The van der Waals surface area contributed by atoms with Crippen LogP contribution < -0.4 is 21.9 Å². The SMILES string of the molecule is NCCCN(CCCO)Cc1ccc(-c2cnc(NC(=O)Nc3cc(F)c(F)cc3F)[nH]c2=O)cc1. The minimum absolute atomic E-state index is 0.113. The Morgan fingerprint density at radius 2 is 1.72 bits per heavy atom. The predicted molar refractivity (Wildman–Crippen MR) is 130 cm³/mol. The van der Waals surface area contributed by atoms with Gasteiger partial charge in [0.05, 0.1) is 11.3 Å². The van der Waals surface area contributed by atoms with Crippen LogP contribution in [0.4, 0.5) is 29.6 Å². The Bertz CT molecular complexity index is 1230. The van der Waals surface area contributed by atoms with Crippen LogP contribution in [0.1, 0.15) is 18.4 Å². The van der Waals surface area contributed by atoms with Crippen molar-refractivity contribution in [1.82, 2.24) is 14.9 Å². The molecule has 0 aliphatic rings. The van der Waals surface area contributed by atoms with Gasteiger partial charge in [-0.1, -0.05) is 24.3 Å². The molecular weight excluding hydrogens is 477 g/mol. The lowest BCUT2D eigenvalue weighted by atomic mass is 10.1. The lowest BCUT2D eigenvalue weighted by Crippen LogP contribution is -2.27. The van der Waals surface area contributed by atoms with Crippen molar-refractivity contribution in [2.24, 2.45) is 5.73 Å². The number of nitrogens with one attached hydrogen (secondary N) is 3. The van der Waals surface area contributed by atoms with Crippen molar-refractivity contribution in [3.05, 3.63) is 76.0 Å². The van der Waals surface area contributed by atoms with E-state index in [0.29, 0.717) is 37.2 Å². The lowest BCUT2D eigenvalue weighted by Gasteiger charge is -2.22. The molecule has 0 saturated carbocycles. The number of aromatic amines is 1. The van der Waals surface area contributed by atoms with Crippen molar-refractivity contribution in [2.45, 2.75) is 19.4 Å². The summed E-state index contributed by atoms with van der Waals surface area (Å²) in [5.41, 5.74) is 6.39. The van der Waals surface area contributed by atoms with Crippen LogP contribution in [-0.4, -0.2) is 52.2 Å². The van der Waals surface area contributed by atoms with E-state index in [2.05, 4.69) is 20.2 Å². The number of amides is 2. The predicted octanol–water partition coefficient (Wildman–Crippen LogP) is 3.03. The number of H-pyrrole nitrogens is 1. The molecule has 1 aromatic heterocycles. The second-order valence-corrected chi connectivity index (χ2v) is 7.99. The average molecular weight is 505 g/mol. The molecule has 2 amide bonds.